The van der Waals surface area contributed by atoms with Crippen LogP contribution in [0.15, 0.2) is 43.1 Å². The number of hydrogen-bond donors (Lipinski definition) is 1. The van der Waals surface area contributed by atoms with Gasteiger partial charge in [-0.05, 0) is 48.5 Å². The fourth-order valence-electron chi connectivity index (χ4n) is 2.14. The summed E-state index contributed by atoms with van der Waals surface area (Å²) in [4.78, 5) is 4.20. The molecule has 1 N–H and O–H groups in total. The van der Waals surface area contributed by atoms with Crippen molar-refractivity contribution in [2.45, 2.75) is 26.4 Å². The summed E-state index contributed by atoms with van der Waals surface area (Å²) in [6.07, 6.45) is 5.33. The highest BCUT2D eigenvalue weighted by atomic mass is 15.5. The summed E-state index contributed by atoms with van der Waals surface area (Å²) >= 11 is 0. The third-order valence-corrected chi connectivity index (χ3v) is 3.26. The maximum Gasteiger partial charge on any atom is 0.143 e. The van der Waals surface area contributed by atoms with Crippen molar-refractivity contribution in [2.24, 2.45) is 0 Å². The van der Waals surface area contributed by atoms with E-state index < -0.39 is 0 Å². The summed E-state index contributed by atoms with van der Waals surface area (Å²) in [7, 11) is 0. The van der Waals surface area contributed by atoms with Gasteiger partial charge in [0.1, 0.15) is 6.33 Å². The highest BCUT2D eigenvalue weighted by Crippen LogP contribution is 2.14. The summed E-state index contributed by atoms with van der Waals surface area (Å²) < 4.78 is 3.78. The highest BCUT2D eigenvalue weighted by molar-refractivity contribution is 5.48. The molecule has 3 aromatic rings. The van der Waals surface area contributed by atoms with Gasteiger partial charge in [-0.15, -0.1) is 5.10 Å². The zero-order valence-corrected chi connectivity index (χ0v) is 12.0. The van der Waals surface area contributed by atoms with E-state index in [2.05, 4.69) is 44.2 Å². The average Bonchev–Trinajstić information content (AvgIpc) is 3.17. The summed E-state index contributed by atoms with van der Waals surface area (Å²) in [6.45, 7) is 5.03. The lowest BCUT2D eigenvalue weighted by atomic mass is 10.2. The van der Waals surface area contributed by atoms with Crippen LogP contribution in [0.3, 0.4) is 0 Å². The van der Waals surface area contributed by atoms with Crippen LogP contribution in [0.4, 0.5) is 5.69 Å². The van der Waals surface area contributed by atoms with E-state index in [1.165, 1.54) is 0 Å². The molecule has 0 bridgehead atoms. The van der Waals surface area contributed by atoms with Crippen molar-refractivity contribution in [3.63, 3.8) is 0 Å². The number of rotatable bonds is 5. The van der Waals surface area contributed by atoms with Gasteiger partial charge in [-0.2, -0.15) is 0 Å². The second-order valence-electron chi connectivity index (χ2n) is 5.04. The monoisotopic (exact) mass is 283 g/mol. The largest absolute Gasteiger partial charge is 0.379 e. The molecule has 0 saturated carbocycles. The minimum absolute atomic E-state index is 0.409. The van der Waals surface area contributed by atoms with Crippen LogP contribution in [0.5, 0.6) is 0 Å². The zero-order valence-electron chi connectivity index (χ0n) is 12.0. The highest BCUT2D eigenvalue weighted by Gasteiger charge is 2.05. The molecular weight excluding hydrogens is 266 g/mol. The van der Waals surface area contributed by atoms with Gasteiger partial charge in [-0.1, -0.05) is 0 Å². The predicted molar refractivity (Wildman–Crippen MR) is 79.1 cm³/mol. The lowest BCUT2D eigenvalue weighted by molar-refractivity contribution is 0.577. The summed E-state index contributed by atoms with van der Waals surface area (Å²) in [5, 5.41) is 14.5. The molecule has 0 radical (unpaired) electrons. The molecule has 3 rings (SSSR count). The Kier molecular flexibility index (Phi) is 3.63. The Hall–Kier alpha value is -2.70. The van der Waals surface area contributed by atoms with Crippen LogP contribution in [0, 0.1) is 0 Å². The number of tetrazole rings is 1. The first-order valence-electron chi connectivity index (χ1n) is 6.82. The Labute approximate surface area is 122 Å². The number of hydrogen-bond acceptors (Lipinski definition) is 5. The van der Waals surface area contributed by atoms with Gasteiger partial charge >= 0.3 is 0 Å². The van der Waals surface area contributed by atoms with E-state index in [4.69, 9.17) is 0 Å². The Morgan fingerprint density at radius 1 is 1.14 bits per heavy atom. The first-order valence-corrected chi connectivity index (χ1v) is 6.82. The number of nitrogens with zero attached hydrogens (tertiary/aromatic N) is 6. The van der Waals surface area contributed by atoms with E-state index in [1.807, 2.05) is 36.8 Å². The maximum atomic E-state index is 4.20. The van der Waals surface area contributed by atoms with Crippen molar-refractivity contribution in [1.82, 2.24) is 29.8 Å². The molecule has 7 heteroatoms. The molecule has 108 valence electrons. The second kappa shape index (κ2) is 5.74. The van der Waals surface area contributed by atoms with E-state index in [9.17, 15) is 0 Å². The van der Waals surface area contributed by atoms with Crippen molar-refractivity contribution in [3.05, 3.63) is 48.8 Å². The van der Waals surface area contributed by atoms with Crippen molar-refractivity contribution in [1.29, 1.82) is 0 Å². The molecule has 0 spiro atoms. The maximum absolute atomic E-state index is 4.20. The van der Waals surface area contributed by atoms with Crippen LogP contribution in [0.2, 0.25) is 0 Å². The molecule has 7 nitrogen and oxygen atoms in total. The smallest absolute Gasteiger partial charge is 0.143 e. The van der Waals surface area contributed by atoms with E-state index in [1.54, 1.807) is 11.0 Å². The van der Waals surface area contributed by atoms with Gasteiger partial charge in [-0.3, -0.25) is 0 Å². The van der Waals surface area contributed by atoms with E-state index in [0.29, 0.717) is 6.04 Å². The third kappa shape index (κ3) is 2.91. The van der Waals surface area contributed by atoms with E-state index in [0.717, 1.165) is 23.6 Å². The molecule has 2 heterocycles. The van der Waals surface area contributed by atoms with E-state index in [-0.39, 0.29) is 0 Å². The third-order valence-electron chi connectivity index (χ3n) is 3.26. The Morgan fingerprint density at radius 2 is 1.95 bits per heavy atom. The molecule has 2 aromatic heterocycles. The Balaban J connectivity index is 1.67. The minimum Gasteiger partial charge on any atom is -0.379 e. The fourth-order valence-corrected chi connectivity index (χ4v) is 2.14. The molecular formula is C14H17N7. The van der Waals surface area contributed by atoms with Crippen LogP contribution in [-0.4, -0.2) is 29.8 Å². The second-order valence-corrected chi connectivity index (χ2v) is 5.04. The number of nitrogens with one attached hydrogen (secondary N) is 1. The Morgan fingerprint density at radius 3 is 2.62 bits per heavy atom. The molecule has 21 heavy (non-hydrogen) atoms. The molecule has 0 aliphatic carbocycles. The number of aromatic nitrogens is 6. The molecule has 0 amide bonds. The quantitative estimate of drug-likeness (QED) is 0.775. The van der Waals surface area contributed by atoms with Gasteiger partial charge in [0.05, 0.1) is 24.3 Å². The summed E-state index contributed by atoms with van der Waals surface area (Å²) in [5.41, 5.74) is 3.13. The first-order chi connectivity index (χ1) is 10.2. The molecule has 0 atom stereocenters. The first kappa shape index (κ1) is 13.3. The van der Waals surface area contributed by atoms with Gasteiger partial charge in [0.25, 0.3) is 0 Å². The lowest BCUT2D eigenvalue weighted by Crippen LogP contribution is -2.08. The van der Waals surface area contributed by atoms with Gasteiger partial charge in [0.15, 0.2) is 0 Å². The number of anilines is 1. The van der Waals surface area contributed by atoms with Crippen molar-refractivity contribution >= 4 is 5.69 Å². The van der Waals surface area contributed by atoms with Gasteiger partial charge < -0.3 is 9.88 Å². The molecule has 0 aliphatic rings. The van der Waals surface area contributed by atoms with Crippen molar-refractivity contribution in [2.75, 3.05) is 5.32 Å². The molecule has 1 aromatic carbocycles. The lowest BCUT2D eigenvalue weighted by Gasteiger charge is -2.13. The van der Waals surface area contributed by atoms with E-state index >= 15 is 0 Å². The minimum atomic E-state index is 0.409. The SMILES string of the molecule is CC(C)n1cncc1CNc1ccc(-n2cnnn2)cc1. The predicted octanol–water partition coefficient (Wildman–Crippen LogP) is 2.05. The summed E-state index contributed by atoms with van der Waals surface area (Å²) in [5.74, 6) is 0. The van der Waals surface area contributed by atoms with Gasteiger partial charge in [0, 0.05) is 17.9 Å². The van der Waals surface area contributed by atoms with Gasteiger partial charge in [0.2, 0.25) is 0 Å². The van der Waals surface area contributed by atoms with Crippen LogP contribution in [-0.2, 0) is 6.54 Å². The van der Waals surface area contributed by atoms with Crippen LogP contribution in [0.1, 0.15) is 25.6 Å². The van der Waals surface area contributed by atoms with Crippen LogP contribution < -0.4 is 5.32 Å². The average molecular weight is 283 g/mol. The molecule has 0 unspecified atom stereocenters. The molecule has 0 fully saturated rings. The zero-order chi connectivity index (χ0) is 14.7. The van der Waals surface area contributed by atoms with Gasteiger partial charge in [-0.25, -0.2) is 9.67 Å². The number of benzene rings is 1. The van der Waals surface area contributed by atoms with Crippen molar-refractivity contribution < 1.29 is 0 Å². The number of imidazole rings is 1. The Bertz CT molecular complexity index is 682. The van der Waals surface area contributed by atoms with Crippen molar-refractivity contribution in [3.8, 4) is 5.69 Å². The molecule has 0 saturated heterocycles. The van der Waals surface area contributed by atoms with Crippen LogP contribution in [0.25, 0.3) is 5.69 Å². The summed E-state index contributed by atoms with van der Waals surface area (Å²) in [6, 6.07) is 8.36. The van der Waals surface area contributed by atoms with Crippen LogP contribution >= 0.6 is 0 Å². The fraction of sp³-hybridized carbons (Fsp3) is 0.286. The standard InChI is InChI=1S/C14H17N7/c1-11(2)20-9-15-7-14(20)8-16-12-3-5-13(6-4-12)21-10-17-18-19-21/h3-7,9-11,16H,8H2,1-2H3. The normalized spacial score (nSPS) is 11.0. The topological polar surface area (TPSA) is 73.5 Å². The molecule has 0 aliphatic heterocycles.